The molecule has 0 bridgehead atoms. The molecule has 3 heteroatoms. The molecule has 0 aromatic carbocycles. The molecule has 1 aliphatic heterocycles. The maximum Gasteiger partial charge on any atom is 0.0351 e. The lowest BCUT2D eigenvalue weighted by atomic mass is 9.99. The van der Waals surface area contributed by atoms with E-state index < -0.39 is 0 Å². The minimum atomic E-state index is 0.789. The Kier molecular flexibility index (Phi) is 6.26. The molecule has 0 N–H and O–H groups in total. The zero-order chi connectivity index (χ0) is 12.8. The molecule has 106 valence electrons. The molecule has 1 saturated heterocycles. The Morgan fingerprint density at radius 1 is 1.06 bits per heavy atom. The number of nitrogens with zero attached hydrogens (tertiary/aromatic N) is 2. The maximum absolute atomic E-state index is 5.97. The average Bonchev–Trinajstić information content (AvgIpc) is 2.90. The second-order valence-electron chi connectivity index (χ2n) is 6.08. The fraction of sp³-hybridized carbons (Fsp3) is 1.00. The first-order valence-electron chi connectivity index (χ1n) is 7.81. The van der Waals surface area contributed by atoms with Gasteiger partial charge in [-0.05, 0) is 52.2 Å². The summed E-state index contributed by atoms with van der Waals surface area (Å²) in [6, 6.07) is 1.65. The van der Waals surface area contributed by atoms with E-state index in [0.29, 0.717) is 0 Å². The van der Waals surface area contributed by atoms with Crippen molar-refractivity contribution < 1.29 is 0 Å². The summed E-state index contributed by atoms with van der Waals surface area (Å²) in [4.78, 5) is 5.24. The molecule has 0 spiro atoms. The van der Waals surface area contributed by atoms with Gasteiger partial charge in [0.05, 0.1) is 0 Å². The molecule has 1 heterocycles. The minimum Gasteiger partial charge on any atom is -0.303 e. The van der Waals surface area contributed by atoms with Gasteiger partial charge in [-0.15, -0.1) is 11.6 Å². The summed E-state index contributed by atoms with van der Waals surface area (Å²) < 4.78 is 0. The Balaban J connectivity index is 1.77. The molecule has 2 nitrogen and oxygen atoms in total. The summed E-state index contributed by atoms with van der Waals surface area (Å²) in [5.41, 5.74) is 0. The van der Waals surface area contributed by atoms with E-state index in [-0.39, 0.29) is 0 Å². The highest BCUT2D eigenvalue weighted by Crippen LogP contribution is 2.25. The van der Waals surface area contributed by atoms with Crippen LogP contribution >= 0.6 is 11.6 Å². The van der Waals surface area contributed by atoms with E-state index in [1.165, 1.54) is 64.5 Å². The fourth-order valence-electron chi connectivity index (χ4n) is 3.68. The molecule has 0 aromatic heterocycles. The van der Waals surface area contributed by atoms with Gasteiger partial charge < -0.3 is 4.90 Å². The monoisotopic (exact) mass is 272 g/mol. The van der Waals surface area contributed by atoms with Crippen molar-refractivity contribution in [2.75, 3.05) is 32.6 Å². The van der Waals surface area contributed by atoms with E-state index in [1.54, 1.807) is 0 Å². The Hall–Kier alpha value is 0.210. The molecular weight excluding hydrogens is 244 g/mol. The van der Waals surface area contributed by atoms with Crippen molar-refractivity contribution in [1.29, 1.82) is 0 Å². The molecule has 1 saturated carbocycles. The van der Waals surface area contributed by atoms with Crippen LogP contribution < -0.4 is 0 Å². The number of halogens is 1. The van der Waals surface area contributed by atoms with Crippen molar-refractivity contribution in [3.8, 4) is 0 Å². The van der Waals surface area contributed by atoms with E-state index in [4.69, 9.17) is 11.6 Å². The van der Waals surface area contributed by atoms with Crippen LogP contribution in [0.4, 0.5) is 0 Å². The highest BCUT2D eigenvalue weighted by atomic mass is 35.5. The van der Waals surface area contributed by atoms with Crippen molar-refractivity contribution in [2.45, 2.75) is 63.5 Å². The first kappa shape index (κ1) is 14.6. The molecule has 1 atom stereocenters. The summed E-state index contributed by atoms with van der Waals surface area (Å²) in [6.07, 6.45) is 11.2. The SMILES string of the molecule is CN1CCCCC1CCN(CCCl)C1CCCC1. The summed E-state index contributed by atoms with van der Waals surface area (Å²) in [5, 5.41) is 0. The lowest BCUT2D eigenvalue weighted by Crippen LogP contribution is -2.41. The largest absolute Gasteiger partial charge is 0.303 e. The number of alkyl halides is 1. The zero-order valence-electron chi connectivity index (χ0n) is 11.9. The quantitative estimate of drug-likeness (QED) is 0.685. The van der Waals surface area contributed by atoms with Crippen LogP contribution in [-0.4, -0.2) is 54.4 Å². The third-order valence-electron chi connectivity index (χ3n) is 4.88. The van der Waals surface area contributed by atoms with Gasteiger partial charge in [-0.1, -0.05) is 19.3 Å². The van der Waals surface area contributed by atoms with Gasteiger partial charge in [0.1, 0.15) is 0 Å². The highest BCUT2D eigenvalue weighted by molar-refractivity contribution is 6.18. The van der Waals surface area contributed by atoms with Gasteiger partial charge in [-0.3, -0.25) is 4.90 Å². The normalized spacial score (nSPS) is 27.2. The standard InChI is InChI=1S/C15H29ClN2/c1-17-11-5-4-6-14(17)9-12-18(13-10-16)15-7-2-3-8-15/h14-15H,2-13H2,1H3. The first-order chi connectivity index (χ1) is 8.81. The van der Waals surface area contributed by atoms with Crippen LogP contribution in [0.1, 0.15) is 51.4 Å². The van der Waals surface area contributed by atoms with Crippen molar-refractivity contribution in [2.24, 2.45) is 0 Å². The Labute approximate surface area is 118 Å². The van der Waals surface area contributed by atoms with Crippen LogP contribution in [0.5, 0.6) is 0 Å². The van der Waals surface area contributed by atoms with Crippen molar-refractivity contribution >= 4 is 11.6 Å². The number of hydrogen-bond acceptors (Lipinski definition) is 2. The van der Waals surface area contributed by atoms with Gasteiger partial charge in [-0.25, -0.2) is 0 Å². The molecular formula is C15H29ClN2. The fourth-order valence-corrected chi connectivity index (χ4v) is 3.90. The van der Waals surface area contributed by atoms with Gasteiger partial charge in [0.25, 0.3) is 0 Å². The Morgan fingerprint density at radius 2 is 1.78 bits per heavy atom. The van der Waals surface area contributed by atoms with E-state index in [1.807, 2.05) is 0 Å². The number of hydrogen-bond donors (Lipinski definition) is 0. The van der Waals surface area contributed by atoms with Crippen LogP contribution in [0, 0.1) is 0 Å². The van der Waals surface area contributed by atoms with Crippen LogP contribution in [0.2, 0.25) is 0 Å². The predicted molar refractivity (Wildman–Crippen MR) is 79.4 cm³/mol. The van der Waals surface area contributed by atoms with Gasteiger partial charge >= 0.3 is 0 Å². The lowest BCUT2D eigenvalue weighted by Gasteiger charge is -2.35. The number of likely N-dealkylation sites (tertiary alicyclic amines) is 1. The number of piperidine rings is 1. The summed E-state index contributed by atoms with van der Waals surface area (Å²) >= 11 is 5.97. The van der Waals surface area contributed by atoms with Crippen LogP contribution in [-0.2, 0) is 0 Å². The molecule has 18 heavy (non-hydrogen) atoms. The van der Waals surface area contributed by atoms with Gasteiger partial charge in [-0.2, -0.15) is 0 Å². The molecule has 0 radical (unpaired) electrons. The third-order valence-corrected chi connectivity index (χ3v) is 5.05. The minimum absolute atomic E-state index is 0.789. The molecule has 0 amide bonds. The zero-order valence-corrected chi connectivity index (χ0v) is 12.7. The van der Waals surface area contributed by atoms with Gasteiger partial charge in [0.2, 0.25) is 0 Å². The Morgan fingerprint density at radius 3 is 2.44 bits per heavy atom. The third kappa shape index (κ3) is 4.11. The molecule has 1 aliphatic carbocycles. The summed E-state index contributed by atoms with van der Waals surface area (Å²) in [5.74, 6) is 0.789. The van der Waals surface area contributed by atoms with Gasteiger partial charge in [0.15, 0.2) is 0 Å². The van der Waals surface area contributed by atoms with Crippen LogP contribution in [0.25, 0.3) is 0 Å². The van der Waals surface area contributed by atoms with E-state index in [9.17, 15) is 0 Å². The van der Waals surface area contributed by atoms with Crippen molar-refractivity contribution in [3.63, 3.8) is 0 Å². The number of rotatable bonds is 6. The predicted octanol–water partition coefficient (Wildman–Crippen LogP) is 3.34. The van der Waals surface area contributed by atoms with Gasteiger partial charge in [0, 0.05) is 24.5 Å². The first-order valence-corrected chi connectivity index (χ1v) is 8.35. The van der Waals surface area contributed by atoms with E-state index >= 15 is 0 Å². The van der Waals surface area contributed by atoms with E-state index in [2.05, 4.69) is 16.8 Å². The molecule has 0 aromatic rings. The molecule has 2 rings (SSSR count). The van der Waals surface area contributed by atoms with Crippen molar-refractivity contribution in [1.82, 2.24) is 9.80 Å². The smallest absolute Gasteiger partial charge is 0.0351 e. The lowest BCUT2D eigenvalue weighted by molar-refractivity contribution is 0.139. The highest BCUT2D eigenvalue weighted by Gasteiger charge is 2.24. The molecule has 2 aliphatic rings. The average molecular weight is 273 g/mol. The molecule has 2 fully saturated rings. The Bertz CT molecular complexity index is 229. The van der Waals surface area contributed by atoms with Crippen LogP contribution in [0.3, 0.4) is 0 Å². The summed E-state index contributed by atoms with van der Waals surface area (Å²) in [7, 11) is 2.30. The second-order valence-corrected chi connectivity index (χ2v) is 6.46. The van der Waals surface area contributed by atoms with Crippen molar-refractivity contribution in [3.05, 3.63) is 0 Å². The van der Waals surface area contributed by atoms with E-state index in [0.717, 1.165) is 24.5 Å². The topological polar surface area (TPSA) is 6.48 Å². The second kappa shape index (κ2) is 7.72. The summed E-state index contributed by atoms with van der Waals surface area (Å²) in [6.45, 7) is 3.64. The maximum atomic E-state index is 5.97. The van der Waals surface area contributed by atoms with Crippen LogP contribution in [0.15, 0.2) is 0 Å². The molecule has 1 unspecified atom stereocenters.